The lowest BCUT2D eigenvalue weighted by atomic mass is 9.79. The third-order valence-electron chi connectivity index (χ3n) is 4.67. The molecule has 0 aromatic carbocycles. The number of aliphatic carboxylic acids is 1. The summed E-state index contributed by atoms with van der Waals surface area (Å²) < 4.78 is 0. The predicted octanol–water partition coefficient (Wildman–Crippen LogP) is 1.14. The van der Waals surface area contributed by atoms with Crippen molar-refractivity contribution in [3.05, 3.63) is 0 Å². The Kier molecular flexibility index (Phi) is 4.45. The molecule has 0 radical (unpaired) electrons. The van der Waals surface area contributed by atoms with Crippen molar-refractivity contribution in [1.82, 2.24) is 10.6 Å². The Morgan fingerprint density at radius 3 is 2.26 bits per heavy atom. The highest BCUT2D eigenvalue weighted by molar-refractivity contribution is 5.82. The quantitative estimate of drug-likeness (QED) is 0.717. The van der Waals surface area contributed by atoms with Gasteiger partial charge in [0.25, 0.3) is 0 Å². The van der Waals surface area contributed by atoms with Crippen LogP contribution in [0.1, 0.15) is 45.4 Å². The maximum atomic E-state index is 12.3. The molecule has 1 amide bonds. The van der Waals surface area contributed by atoms with Gasteiger partial charge in [0.15, 0.2) is 0 Å². The summed E-state index contributed by atoms with van der Waals surface area (Å²) in [6, 6.07) is 0.162. The predicted molar refractivity (Wildman–Crippen MR) is 71.7 cm³/mol. The molecule has 19 heavy (non-hydrogen) atoms. The number of hydrogen-bond acceptors (Lipinski definition) is 3. The molecule has 5 nitrogen and oxygen atoms in total. The van der Waals surface area contributed by atoms with E-state index in [9.17, 15) is 9.59 Å². The minimum atomic E-state index is -0.699. The van der Waals surface area contributed by atoms with Crippen LogP contribution in [0.25, 0.3) is 0 Å². The molecular weight excluding hydrogens is 244 g/mol. The Morgan fingerprint density at radius 1 is 1.16 bits per heavy atom. The fourth-order valence-electron chi connectivity index (χ4n) is 3.05. The molecule has 1 saturated heterocycles. The molecule has 0 bridgehead atoms. The average molecular weight is 268 g/mol. The molecular formula is C14H24N2O3. The summed E-state index contributed by atoms with van der Waals surface area (Å²) in [5.41, 5.74) is -0.255. The second-order valence-corrected chi connectivity index (χ2v) is 6.17. The van der Waals surface area contributed by atoms with E-state index in [1.54, 1.807) is 0 Å². The SMILES string of the molecule is CC1(C(=O)NC2CCC(C(=O)O)CC2)CCNCC1. The summed E-state index contributed by atoms with van der Waals surface area (Å²) in [4.78, 5) is 23.2. The van der Waals surface area contributed by atoms with Gasteiger partial charge in [0, 0.05) is 11.5 Å². The second-order valence-electron chi connectivity index (χ2n) is 6.17. The van der Waals surface area contributed by atoms with Crippen LogP contribution in [0.2, 0.25) is 0 Å². The number of amides is 1. The molecule has 1 saturated carbocycles. The number of rotatable bonds is 3. The zero-order valence-corrected chi connectivity index (χ0v) is 11.6. The van der Waals surface area contributed by atoms with Crippen LogP contribution in [0.15, 0.2) is 0 Å². The van der Waals surface area contributed by atoms with Gasteiger partial charge in [0.05, 0.1) is 5.92 Å². The Morgan fingerprint density at radius 2 is 1.74 bits per heavy atom. The van der Waals surface area contributed by atoms with Crippen LogP contribution in [0.5, 0.6) is 0 Å². The van der Waals surface area contributed by atoms with Crippen molar-refractivity contribution in [3.8, 4) is 0 Å². The van der Waals surface area contributed by atoms with Crippen LogP contribution in [-0.2, 0) is 9.59 Å². The summed E-state index contributed by atoms with van der Waals surface area (Å²) in [6.07, 6.45) is 4.69. The van der Waals surface area contributed by atoms with Gasteiger partial charge in [-0.15, -0.1) is 0 Å². The highest BCUT2D eigenvalue weighted by Crippen LogP contribution is 2.30. The summed E-state index contributed by atoms with van der Waals surface area (Å²) in [5, 5.41) is 15.4. The van der Waals surface area contributed by atoms with Gasteiger partial charge in [0.2, 0.25) is 5.91 Å². The molecule has 1 aliphatic heterocycles. The Bertz CT molecular complexity index is 343. The van der Waals surface area contributed by atoms with Crippen molar-refractivity contribution in [1.29, 1.82) is 0 Å². The van der Waals surface area contributed by atoms with Gasteiger partial charge < -0.3 is 15.7 Å². The summed E-state index contributed by atoms with van der Waals surface area (Å²) in [5.74, 6) is -0.773. The molecule has 108 valence electrons. The Hall–Kier alpha value is -1.10. The first-order valence-corrected chi connectivity index (χ1v) is 7.26. The zero-order chi connectivity index (χ0) is 13.9. The monoisotopic (exact) mass is 268 g/mol. The first-order valence-electron chi connectivity index (χ1n) is 7.26. The zero-order valence-electron chi connectivity index (χ0n) is 11.6. The molecule has 3 N–H and O–H groups in total. The molecule has 2 fully saturated rings. The van der Waals surface area contributed by atoms with Crippen molar-refractivity contribution in [2.24, 2.45) is 11.3 Å². The Labute approximate surface area is 114 Å². The summed E-state index contributed by atoms with van der Waals surface area (Å²) in [6.45, 7) is 3.83. The molecule has 0 atom stereocenters. The lowest BCUT2D eigenvalue weighted by Gasteiger charge is -2.35. The number of piperidine rings is 1. The summed E-state index contributed by atoms with van der Waals surface area (Å²) >= 11 is 0. The van der Waals surface area contributed by atoms with Gasteiger partial charge >= 0.3 is 5.97 Å². The highest BCUT2D eigenvalue weighted by Gasteiger charge is 2.36. The van der Waals surface area contributed by atoms with E-state index >= 15 is 0 Å². The van der Waals surface area contributed by atoms with E-state index in [0.717, 1.165) is 38.8 Å². The smallest absolute Gasteiger partial charge is 0.306 e. The highest BCUT2D eigenvalue weighted by atomic mass is 16.4. The Balaban J connectivity index is 1.82. The molecule has 0 spiro atoms. The maximum Gasteiger partial charge on any atom is 0.306 e. The van der Waals surface area contributed by atoms with Gasteiger partial charge in [-0.05, 0) is 51.6 Å². The number of carboxylic acid groups (broad SMARTS) is 1. The van der Waals surface area contributed by atoms with E-state index in [2.05, 4.69) is 10.6 Å². The van der Waals surface area contributed by atoms with E-state index < -0.39 is 5.97 Å². The maximum absolute atomic E-state index is 12.3. The third-order valence-corrected chi connectivity index (χ3v) is 4.67. The lowest BCUT2D eigenvalue weighted by molar-refractivity contribution is -0.142. The van der Waals surface area contributed by atoms with Gasteiger partial charge in [-0.1, -0.05) is 6.92 Å². The van der Waals surface area contributed by atoms with Gasteiger partial charge in [-0.3, -0.25) is 9.59 Å². The van der Waals surface area contributed by atoms with Crippen LogP contribution >= 0.6 is 0 Å². The van der Waals surface area contributed by atoms with Crippen molar-refractivity contribution in [2.75, 3.05) is 13.1 Å². The summed E-state index contributed by atoms with van der Waals surface area (Å²) in [7, 11) is 0. The number of carbonyl (C=O) groups excluding carboxylic acids is 1. The third kappa shape index (κ3) is 3.47. The average Bonchev–Trinajstić information content (AvgIpc) is 2.40. The topological polar surface area (TPSA) is 78.4 Å². The number of carboxylic acids is 1. The lowest BCUT2D eigenvalue weighted by Crippen LogP contribution is -2.49. The second kappa shape index (κ2) is 5.90. The van der Waals surface area contributed by atoms with E-state index in [-0.39, 0.29) is 23.3 Å². The largest absolute Gasteiger partial charge is 0.481 e. The van der Waals surface area contributed by atoms with Gasteiger partial charge in [-0.2, -0.15) is 0 Å². The van der Waals surface area contributed by atoms with Crippen LogP contribution in [0.3, 0.4) is 0 Å². The van der Waals surface area contributed by atoms with Crippen molar-refractivity contribution in [2.45, 2.75) is 51.5 Å². The number of carbonyl (C=O) groups is 2. The van der Waals surface area contributed by atoms with Crippen LogP contribution < -0.4 is 10.6 Å². The minimum Gasteiger partial charge on any atom is -0.481 e. The number of nitrogens with one attached hydrogen (secondary N) is 2. The number of hydrogen-bond donors (Lipinski definition) is 3. The van der Waals surface area contributed by atoms with E-state index in [0.29, 0.717) is 12.8 Å². The van der Waals surface area contributed by atoms with Crippen LogP contribution in [0, 0.1) is 11.3 Å². The van der Waals surface area contributed by atoms with Crippen molar-refractivity contribution < 1.29 is 14.7 Å². The molecule has 0 aromatic heterocycles. The van der Waals surface area contributed by atoms with E-state index in [1.807, 2.05) is 6.92 Å². The molecule has 0 unspecified atom stereocenters. The van der Waals surface area contributed by atoms with Crippen molar-refractivity contribution in [3.63, 3.8) is 0 Å². The first kappa shape index (κ1) is 14.3. The molecule has 2 rings (SSSR count). The van der Waals surface area contributed by atoms with E-state index in [4.69, 9.17) is 5.11 Å². The van der Waals surface area contributed by atoms with Crippen LogP contribution in [0.4, 0.5) is 0 Å². The fourth-order valence-corrected chi connectivity index (χ4v) is 3.05. The standard InChI is InChI=1S/C14H24N2O3/c1-14(6-8-15-9-7-14)13(19)16-11-4-2-10(3-5-11)12(17)18/h10-11,15H,2-9H2,1H3,(H,16,19)(H,17,18). The normalized spacial score (nSPS) is 30.6. The fraction of sp³-hybridized carbons (Fsp3) is 0.857. The van der Waals surface area contributed by atoms with Crippen molar-refractivity contribution >= 4 is 11.9 Å². The molecule has 1 aliphatic carbocycles. The van der Waals surface area contributed by atoms with Crippen LogP contribution in [-0.4, -0.2) is 36.1 Å². The van der Waals surface area contributed by atoms with E-state index in [1.165, 1.54) is 0 Å². The molecule has 2 aliphatic rings. The van der Waals surface area contributed by atoms with Gasteiger partial charge in [-0.25, -0.2) is 0 Å². The first-order chi connectivity index (χ1) is 9.01. The molecule has 1 heterocycles. The minimum absolute atomic E-state index is 0.146. The molecule has 5 heteroatoms. The van der Waals surface area contributed by atoms with Gasteiger partial charge in [0.1, 0.15) is 0 Å². The molecule has 0 aromatic rings.